The number of Topliss-reactive ketones (excluding diaryl/α,β-unsaturated/α-hetero) is 1. The van der Waals surface area contributed by atoms with E-state index in [1.165, 1.54) is 10.6 Å². The average Bonchev–Trinajstić information content (AvgIpc) is 4.22. The van der Waals surface area contributed by atoms with Gasteiger partial charge in [0.25, 0.3) is 0 Å². The molecule has 8 rings (SSSR count). The molecule has 1 saturated carbocycles. The van der Waals surface area contributed by atoms with Crippen molar-refractivity contribution in [2.24, 2.45) is 17.8 Å². The average molecular weight is 1110 g/mol. The van der Waals surface area contributed by atoms with Crippen LogP contribution < -0.4 is 27.0 Å². The Hall–Kier alpha value is -7.15. The van der Waals surface area contributed by atoms with Gasteiger partial charge in [0, 0.05) is 57.2 Å². The molecule has 0 spiro atoms. The molecule has 3 heterocycles. The highest BCUT2D eigenvalue weighted by molar-refractivity contribution is 5.99. The van der Waals surface area contributed by atoms with Crippen molar-refractivity contribution in [3.05, 3.63) is 130 Å². The highest BCUT2D eigenvalue weighted by Gasteiger charge is 2.50. The summed E-state index contributed by atoms with van der Waals surface area (Å²) in [4.78, 5) is 88.9. The highest BCUT2D eigenvalue weighted by atomic mass is 16.6. The maximum absolute atomic E-state index is 14.5. The smallest absolute Gasteiger partial charge is 0.348 e. The van der Waals surface area contributed by atoms with E-state index in [9.17, 15) is 39.0 Å². The predicted molar refractivity (Wildman–Crippen MR) is 311 cm³/mol. The summed E-state index contributed by atoms with van der Waals surface area (Å²) in [6.45, 7) is 18.0. The van der Waals surface area contributed by atoms with E-state index in [0.29, 0.717) is 55.0 Å². The summed E-state index contributed by atoms with van der Waals surface area (Å²) >= 11 is 0. The Kier molecular flexibility index (Phi) is 20.0. The molecule has 434 valence electrons. The number of hydrogen-bond donors (Lipinski definition) is 7. The third kappa shape index (κ3) is 15.9. The number of phenols is 2. The monoisotopic (exact) mass is 1110 g/mol. The first-order valence-electron chi connectivity index (χ1n) is 29.0. The third-order valence-corrected chi connectivity index (χ3v) is 16.2. The number of benzene rings is 4. The van der Waals surface area contributed by atoms with Crippen molar-refractivity contribution in [1.82, 2.24) is 45.8 Å². The first kappa shape index (κ1) is 60.0. The van der Waals surface area contributed by atoms with Gasteiger partial charge in [-0.25, -0.2) is 14.5 Å². The lowest BCUT2D eigenvalue weighted by molar-refractivity contribution is -0.135. The zero-order valence-electron chi connectivity index (χ0n) is 48.1. The van der Waals surface area contributed by atoms with Crippen LogP contribution >= 0.6 is 0 Å². The summed E-state index contributed by atoms with van der Waals surface area (Å²) in [6.07, 6.45) is 4.73. The van der Waals surface area contributed by atoms with Crippen LogP contribution in [0.15, 0.2) is 102 Å². The second kappa shape index (κ2) is 27.1. The lowest BCUT2D eigenvalue weighted by Crippen LogP contribution is -2.59. The van der Waals surface area contributed by atoms with Crippen molar-refractivity contribution in [2.75, 3.05) is 32.8 Å². The molecule has 5 atom stereocenters. The van der Waals surface area contributed by atoms with E-state index in [1.807, 2.05) is 126 Å². The number of nitrogens with one attached hydrogen (secondary N) is 5. The van der Waals surface area contributed by atoms with Crippen LogP contribution in [0, 0.1) is 17.8 Å². The number of hydrogen-bond acceptors (Lipinski definition) is 12. The summed E-state index contributed by atoms with van der Waals surface area (Å²) in [5, 5.41) is 39.9. The first-order chi connectivity index (χ1) is 38.7. The molecule has 0 unspecified atom stereocenters. The number of amides is 4. The standard InChI is InChI=1S/C63H83N9O9/c1-39(2)32-51(56(75)63(7)38-81-63)65-61(79)53(34-43-16-12-9-13-17-43)67-60(78)52(33-40(3)4)66-59(77)50(27-20-42-14-10-8-11-15-42)64-58(76)45-21-25-46(26-22-45)71-30-28-70(29-31-71)37-44-18-23-47(24-19-44)72-57(68-69-62(72)80)49-35-48(41(5)6)54(73)36-55(49)74/h8-19,23-24,35-36,39-41,45-46,50-53,73-74H,20-22,25-34,37-38H2,1-7H3,(H,64,76)(H,65,79)(H,66,77)(H,67,78)(H,69,80)/t45?,46?,50-,51-,52-,53-,63+/m0/s1. The zero-order chi connectivity index (χ0) is 58.0. The van der Waals surface area contributed by atoms with Crippen LogP contribution in [0.1, 0.15) is 122 Å². The number of carbonyl (C=O) groups is 5. The number of aryl methyl sites for hydroxylation is 1. The van der Waals surface area contributed by atoms with Gasteiger partial charge in [-0.2, -0.15) is 5.10 Å². The van der Waals surface area contributed by atoms with E-state index in [2.05, 4.69) is 41.3 Å². The number of carbonyl (C=O) groups excluding carboxylic acids is 5. The fraction of sp³-hybridized carbons (Fsp3) is 0.508. The van der Waals surface area contributed by atoms with Crippen molar-refractivity contribution in [3.63, 3.8) is 0 Å². The predicted octanol–water partition coefficient (Wildman–Crippen LogP) is 6.70. The number of aromatic nitrogens is 3. The van der Waals surface area contributed by atoms with Gasteiger partial charge < -0.3 is 36.2 Å². The number of phenolic OH excluding ortho intramolecular Hbond substituents is 2. The van der Waals surface area contributed by atoms with E-state index in [1.54, 1.807) is 13.0 Å². The first-order valence-corrected chi connectivity index (χ1v) is 29.0. The molecule has 1 aliphatic carbocycles. The number of H-pyrrole nitrogens is 1. The Bertz CT molecular complexity index is 2990. The zero-order valence-corrected chi connectivity index (χ0v) is 48.1. The molecule has 2 saturated heterocycles. The molecule has 5 aromatic rings. The number of aromatic hydroxyl groups is 2. The molecule has 0 radical (unpaired) electrons. The van der Waals surface area contributed by atoms with E-state index < -0.39 is 53.2 Å². The largest absolute Gasteiger partial charge is 0.508 e. The number of nitrogens with zero attached hydrogens (tertiary/aromatic N) is 4. The Morgan fingerprint density at radius 2 is 1.25 bits per heavy atom. The molecule has 18 heteroatoms. The third-order valence-electron chi connectivity index (χ3n) is 16.2. The van der Waals surface area contributed by atoms with Gasteiger partial charge in [-0.15, -0.1) is 0 Å². The summed E-state index contributed by atoms with van der Waals surface area (Å²) in [5.74, 6) is -2.06. The molecular weight excluding hydrogens is 1030 g/mol. The summed E-state index contributed by atoms with van der Waals surface area (Å²) in [5.41, 5.74) is 3.08. The molecule has 81 heavy (non-hydrogen) atoms. The number of aromatic amines is 1. The minimum atomic E-state index is -1.06. The molecule has 3 fully saturated rings. The van der Waals surface area contributed by atoms with E-state index in [-0.39, 0.29) is 72.1 Å². The topological polar surface area (TPSA) is 244 Å². The van der Waals surface area contributed by atoms with Gasteiger partial charge >= 0.3 is 5.69 Å². The van der Waals surface area contributed by atoms with Crippen LogP contribution in [0.3, 0.4) is 0 Å². The normalized spacial score (nSPS) is 20.1. The second-order valence-electron chi connectivity index (χ2n) is 23.9. The van der Waals surface area contributed by atoms with Crippen molar-refractivity contribution >= 4 is 29.4 Å². The van der Waals surface area contributed by atoms with Crippen LogP contribution in [-0.4, -0.2) is 133 Å². The molecule has 3 aliphatic rings. The Balaban J connectivity index is 0.863. The molecule has 7 N–H and O–H groups in total. The van der Waals surface area contributed by atoms with Gasteiger partial charge in [-0.3, -0.25) is 33.8 Å². The fourth-order valence-corrected chi connectivity index (χ4v) is 11.4. The van der Waals surface area contributed by atoms with Crippen LogP contribution in [0.5, 0.6) is 11.5 Å². The van der Waals surface area contributed by atoms with Crippen LogP contribution in [-0.2, 0) is 48.1 Å². The van der Waals surface area contributed by atoms with Gasteiger partial charge in [-0.05, 0) is 116 Å². The number of piperazine rings is 1. The number of ether oxygens (including phenoxy) is 1. The van der Waals surface area contributed by atoms with Crippen LogP contribution in [0.25, 0.3) is 17.1 Å². The Morgan fingerprint density at radius 3 is 1.85 bits per heavy atom. The lowest BCUT2D eigenvalue weighted by Gasteiger charge is -2.42. The van der Waals surface area contributed by atoms with Crippen LogP contribution in [0.2, 0.25) is 0 Å². The summed E-state index contributed by atoms with van der Waals surface area (Å²) in [7, 11) is 0. The van der Waals surface area contributed by atoms with Gasteiger partial charge in [0.15, 0.2) is 11.6 Å². The SMILES string of the molecule is CC(C)C[C@H](NC(=O)[C@H](CCc1ccccc1)NC(=O)C1CCC(N2CCN(Cc3ccc(-n4c(-c5cc(C(C)C)c(O)cc5O)n[nH]c4=O)cc3)CC2)CC1)C(=O)N[C@@H](Cc1ccccc1)C(=O)N[C@@H](CC(C)C)C(=O)[C@@]1(C)CO1. The summed E-state index contributed by atoms with van der Waals surface area (Å²) < 4.78 is 6.88. The maximum Gasteiger partial charge on any atom is 0.348 e. The van der Waals surface area contributed by atoms with E-state index in [0.717, 1.165) is 62.3 Å². The van der Waals surface area contributed by atoms with Crippen LogP contribution in [0.4, 0.5) is 0 Å². The van der Waals surface area contributed by atoms with Crippen molar-refractivity contribution in [2.45, 2.75) is 155 Å². The molecule has 4 aromatic carbocycles. The van der Waals surface area contributed by atoms with E-state index in [4.69, 9.17) is 4.74 Å². The second-order valence-corrected chi connectivity index (χ2v) is 23.9. The number of epoxide rings is 1. The molecule has 1 aromatic heterocycles. The minimum absolute atomic E-state index is 0.0176. The van der Waals surface area contributed by atoms with Gasteiger partial charge in [0.2, 0.25) is 23.6 Å². The Morgan fingerprint density at radius 1 is 0.679 bits per heavy atom. The molecule has 4 amide bonds. The van der Waals surface area contributed by atoms with E-state index >= 15 is 0 Å². The quantitative estimate of drug-likeness (QED) is 0.0302. The minimum Gasteiger partial charge on any atom is -0.508 e. The van der Waals surface area contributed by atoms with Gasteiger partial charge in [0.1, 0.15) is 35.2 Å². The lowest BCUT2D eigenvalue weighted by atomic mass is 9.84. The molecule has 0 bridgehead atoms. The molecular formula is C63H83N9O9. The number of rotatable bonds is 25. The van der Waals surface area contributed by atoms with Crippen molar-refractivity contribution in [3.8, 4) is 28.6 Å². The number of ketones is 1. The molecule has 18 nitrogen and oxygen atoms in total. The fourth-order valence-electron chi connectivity index (χ4n) is 11.4. The molecule has 2 aliphatic heterocycles. The van der Waals surface area contributed by atoms with Crippen molar-refractivity contribution in [1.29, 1.82) is 0 Å². The maximum atomic E-state index is 14.5. The summed E-state index contributed by atoms with van der Waals surface area (Å²) in [6, 6.07) is 26.3. The van der Waals surface area contributed by atoms with Gasteiger partial charge in [-0.1, -0.05) is 114 Å². The van der Waals surface area contributed by atoms with Crippen molar-refractivity contribution < 1.29 is 38.9 Å². The Labute approximate surface area is 475 Å². The highest BCUT2D eigenvalue weighted by Crippen LogP contribution is 2.38. The van der Waals surface area contributed by atoms with Gasteiger partial charge in [0.05, 0.1) is 23.9 Å².